The van der Waals surface area contributed by atoms with Gasteiger partial charge in [-0.3, -0.25) is 4.79 Å². The van der Waals surface area contributed by atoms with E-state index in [9.17, 15) is 4.79 Å². The molecule has 0 fully saturated rings. The first-order valence-electron chi connectivity index (χ1n) is 8.45. The van der Waals surface area contributed by atoms with Crippen LogP contribution in [0.4, 0.5) is 0 Å². The first-order valence-corrected chi connectivity index (χ1v) is 8.83. The number of nitrogens with zero attached hydrogens (tertiary/aromatic N) is 3. The van der Waals surface area contributed by atoms with Gasteiger partial charge >= 0.3 is 0 Å². The lowest BCUT2D eigenvalue weighted by atomic mass is 10.1. The summed E-state index contributed by atoms with van der Waals surface area (Å²) in [7, 11) is 1.66. The zero-order chi connectivity index (χ0) is 19.4. The van der Waals surface area contributed by atoms with Gasteiger partial charge in [-0.2, -0.15) is 4.98 Å². The summed E-state index contributed by atoms with van der Waals surface area (Å²) >= 11 is 6.15. The SMILES string of the molecule is Cc1cc(OCC(=O)N(C)Cc2nc(-c3ccccc3)no2)cc(C)c1Cl. The normalized spacial score (nSPS) is 10.7. The van der Waals surface area contributed by atoms with Gasteiger partial charge in [-0.25, -0.2) is 0 Å². The lowest BCUT2D eigenvalue weighted by Crippen LogP contribution is -2.31. The van der Waals surface area contributed by atoms with Crippen LogP contribution in [0.5, 0.6) is 5.75 Å². The molecule has 1 aromatic heterocycles. The minimum absolute atomic E-state index is 0.0866. The van der Waals surface area contributed by atoms with Crippen LogP contribution in [0.15, 0.2) is 47.0 Å². The van der Waals surface area contributed by atoms with Crippen molar-refractivity contribution in [1.29, 1.82) is 0 Å². The highest BCUT2D eigenvalue weighted by Crippen LogP contribution is 2.25. The average Bonchev–Trinajstić information content (AvgIpc) is 3.13. The topological polar surface area (TPSA) is 68.5 Å². The number of aryl methyl sites for hydroxylation is 2. The van der Waals surface area contributed by atoms with Crippen LogP contribution in [0.25, 0.3) is 11.4 Å². The molecule has 1 amide bonds. The molecule has 0 saturated heterocycles. The molecule has 1 heterocycles. The molecule has 0 spiro atoms. The van der Waals surface area contributed by atoms with E-state index in [1.165, 1.54) is 4.90 Å². The number of halogens is 1. The minimum atomic E-state index is -0.195. The summed E-state index contributed by atoms with van der Waals surface area (Å²) in [6.45, 7) is 3.92. The molecule has 6 nitrogen and oxygen atoms in total. The lowest BCUT2D eigenvalue weighted by Gasteiger charge is -2.16. The average molecular weight is 386 g/mol. The quantitative estimate of drug-likeness (QED) is 0.640. The molecule has 2 aromatic carbocycles. The second-order valence-electron chi connectivity index (χ2n) is 6.29. The zero-order valence-corrected chi connectivity index (χ0v) is 16.2. The first kappa shape index (κ1) is 18.9. The molecule has 0 unspecified atom stereocenters. The Hall–Kier alpha value is -2.86. The van der Waals surface area contributed by atoms with Crippen molar-refractivity contribution in [2.45, 2.75) is 20.4 Å². The van der Waals surface area contributed by atoms with Crippen molar-refractivity contribution in [2.24, 2.45) is 0 Å². The Kier molecular flexibility index (Phi) is 5.76. The number of rotatable bonds is 6. The maximum absolute atomic E-state index is 12.3. The zero-order valence-electron chi connectivity index (χ0n) is 15.4. The third-order valence-corrected chi connectivity index (χ3v) is 4.67. The number of likely N-dealkylation sites (N-methyl/N-ethyl adjacent to an activating group) is 1. The van der Waals surface area contributed by atoms with Gasteiger partial charge in [-0.15, -0.1) is 0 Å². The van der Waals surface area contributed by atoms with Gasteiger partial charge in [0.05, 0.1) is 6.54 Å². The van der Waals surface area contributed by atoms with E-state index in [-0.39, 0.29) is 19.1 Å². The maximum atomic E-state index is 12.3. The second-order valence-corrected chi connectivity index (χ2v) is 6.67. The van der Waals surface area contributed by atoms with Crippen LogP contribution in [0.2, 0.25) is 5.02 Å². The van der Waals surface area contributed by atoms with Crippen LogP contribution >= 0.6 is 11.6 Å². The van der Waals surface area contributed by atoms with Crippen LogP contribution < -0.4 is 4.74 Å². The second kappa shape index (κ2) is 8.22. The Morgan fingerprint density at radius 3 is 2.52 bits per heavy atom. The summed E-state index contributed by atoms with van der Waals surface area (Å²) in [5, 5.41) is 4.66. The molecule has 0 radical (unpaired) electrons. The van der Waals surface area contributed by atoms with E-state index < -0.39 is 0 Å². The third-order valence-electron chi connectivity index (χ3n) is 4.07. The molecular weight excluding hydrogens is 366 g/mol. The summed E-state index contributed by atoms with van der Waals surface area (Å²) in [4.78, 5) is 18.1. The molecule has 27 heavy (non-hydrogen) atoms. The van der Waals surface area contributed by atoms with Crippen molar-refractivity contribution in [3.05, 3.63) is 64.5 Å². The number of hydrogen-bond donors (Lipinski definition) is 0. The third kappa shape index (κ3) is 4.65. The molecular formula is C20H20ClN3O3. The predicted molar refractivity (Wildman–Crippen MR) is 103 cm³/mol. The number of aromatic nitrogens is 2. The van der Waals surface area contributed by atoms with Crippen molar-refractivity contribution in [2.75, 3.05) is 13.7 Å². The highest BCUT2D eigenvalue weighted by Gasteiger charge is 2.15. The van der Waals surface area contributed by atoms with Gasteiger partial charge in [-0.05, 0) is 37.1 Å². The Balaban J connectivity index is 1.57. The van der Waals surface area contributed by atoms with Crippen molar-refractivity contribution in [3.63, 3.8) is 0 Å². The van der Waals surface area contributed by atoms with Crippen molar-refractivity contribution in [1.82, 2.24) is 15.0 Å². The van der Waals surface area contributed by atoms with Crippen molar-refractivity contribution in [3.8, 4) is 17.1 Å². The fourth-order valence-corrected chi connectivity index (χ4v) is 2.67. The molecule has 0 atom stereocenters. The van der Waals surface area contributed by atoms with E-state index in [1.54, 1.807) is 7.05 Å². The number of hydrogen-bond acceptors (Lipinski definition) is 5. The monoisotopic (exact) mass is 385 g/mol. The first-order chi connectivity index (χ1) is 12.9. The lowest BCUT2D eigenvalue weighted by molar-refractivity contribution is -0.132. The van der Waals surface area contributed by atoms with E-state index in [2.05, 4.69) is 10.1 Å². The van der Waals surface area contributed by atoms with E-state index >= 15 is 0 Å². The summed E-state index contributed by atoms with van der Waals surface area (Å²) in [6.07, 6.45) is 0. The van der Waals surface area contributed by atoms with Crippen LogP contribution in [0.1, 0.15) is 17.0 Å². The van der Waals surface area contributed by atoms with Crippen molar-refractivity contribution >= 4 is 17.5 Å². The number of amides is 1. The molecule has 0 aliphatic heterocycles. The Morgan fingerprint density at radius 2 is 1.85 bits per heavy atom. The minimum Gasteiger partial charge on any atom is -0.484 e. The smallest absolute Gasteiger partial charge is 0.260 e. The van der Waals surface area contributed by atoms with E-state index in [0.29, 0.717) is 22.5 Å². The summed E-state index contributed by atoms with van der Waals surface area (Å²) in [5.74, 6) is 1.28. The molecule has 0 aliphatic rings. The Labute approximate surface area is 162 Å². The van der Waals surface area contributed by atoms with Crippen LogP contribution in [0, 0.1) is 13.8 Å². The molecule has 0 bridgehead atoms. The molecule has 0 aliphatic carbocycles. The largest absolute Gasteiger partial charge is 0.484 e. The fourth-order valence-electron chi connectivity index (χ4n) is 2.56. The van der Waals surface area contributed by atoms with Gasteiger partial charge in [-0.1, -0.05) is 47.1 Å². The predicted octanol–water partition coefficient (Wildman–Crippen LogP) is 4.04. The highest BCUT2D eigenvalue weighted by molar-refractivity contribution is 6.32. The molecule has 0 N–H and O–H groups in total. The van der Waals surface area contributed by atoms with Gasteiger partial charge in [0.1, 0.15) is 5.75 Å². The number of carbonyl (C=O) groups excluding carboxylic acids is 1. The van der Waals surface area contributed by atoms with Gasteiger partial charge in [0.15, 0.2) is 6.61 Å². The van der Waals surface area contributed by atoms with Gasteiger partial charge in [0.25, 0.3) is 5.91 Å². The van der Waals surface area contributed by atoms with Gasteiger partial charge in [0, 0.05) is 17.6 Å². The van der Waals surface area contributed by atoms with Crippen molar-refractivity contribution < 1.29 is 14.1 Å². The Bertz CT molecular complexity index is 918. The standard InChI is InChI=1S/C20H20ClN3O3/c1-13-9-16(10-14(2)19(13)21)26-12-18(25)24(3)11-17-22-20(23-27-17)15-7-5-4-6-8-15/h4-10H,11-12H2,1-3H3. The summed E-state index contributed by atoms with van der Waals surface area (Å²) < 4.78 is 10.8. The summed E-state index contributed by atoms with van der Waals surface area (Å²) in [5.41, 5.74) is 2.68. The van der Waals surface area contributed by atoms with Crippen LogP contribution in [0.3, 0.4) is 0 Å². The number of carbonyl (C=O) groups is 1. The molecule has 3 aromatic rings. The number of ether oxygens (including phenoxy) is 1. The molecule has 3 rings (SSSR count). The molecule has 7 heteroatoms. The highest BCUT2D eigenvalue weighted by atomic mass is 35.5. The van der Waals surface area contributed by atoms with Gasteiger partial charge < -0.3 is 14.2 Å². The molecule has 140 valence electrons. The van der Waals surface area contributed by atoms with E-state index in [4.69, 9.17) is 20.9 Å². The Morgan fingerprint density at radius 1 is 1.19 bits per heavy atom. The summed E-state index contributed by atoms with van der Waals surface area (Å²) in [6, 6.07) is 13.1. The maximum Gasteiger partial charge on any atom is 0.260 e. The van der Waals surface area contributed by atoms with Crippen LogP contribution in [-0.4, -0.2) is 34.6 Å². The van der Waals surface area contributed by atoms with E-state index in [1.807, 2.05) is 56.3 Å². The van der Waals surface area contributed by atoms with Crippen LogP contribution in [-0.2, 0) is 11.3 Å². The number of benzene rings is 2. The molecule has 0 saturated carbocycles. The fraction of sp³-hybridized carbons (Fsp3) is 0.250. The van der Waals surface area contributed by atoms with E-state index in [0.717, 1.165) is 16.7 Å². The van der Waals surface area contributed by atoms with Gasteiger partial charge in [0.2, 0.25) is 11.7 Å².